The molecule has 1 saturated heterocycles. The summed E-state index contributed by atoms with van der Waals surface area (Å²) in [5.74, 6) is 0.690. The molecular weight excluding hydrogens is 212 g/mol. The molecule has 0 unspecified atom stereocenters. The lowest BCUT2D eigenvalue weighted by molar-refractivity contribution is 0.573. The normalized spacial score (nSPS) is 16.1. The van der Waals surface area contributed by atoms with Crippen molar-refractivity contribution in [1.29, 1.82) is 0 Å². The van der Waals surface area contributed by atoms with E-state index >= 15 is 0 Å². The molecule has 0 saturated carbocycles. The minimum Gasteiger partial charge on any atom is -0.445 e. The van der Waals surface area contributed by atoms with E-state index in [4.69, 9.17) is 4.42 Å². The first-order valence-electron chi connectivity index (χ1n) is 6.18. The summed E-state index contributed by atoms with van der Waals surface area (Å²) < 4.78 is 5.28. The molecule has 0 atom stereocenters. The molecule has 1 aliphatic heterocycles. The molecule has 2 aromatic rings. The average molecular weight is 228 g/mol. The van der Waals surface area contributed by atoms with Crippen molar-refractivity contribution in [2.24, 2.45) is 0 Å². The van der Waals surface area contributed by atoms with Crippen molar-refractivity contribution in [3.63, 3.8) is 0 Å². The Kier molecular flexibility index (Phi) is 2.82. The van der Waals surface area contributed by atoms with Crippen molar-refractivity contribution in [3.05, 3.63) is 36.7 Å². The first kappa shape index (κ1) is 10.4. The van der Waals surface area contributed by atoms with Gasteiger partial charge in [-0.1, -0.05) is 0 Å². The first-order chi connectivity index (χ1) is 8.43. The molecule has 0 spiro atoms. The van der Waals surface area contributed by atoms with Crippen molar-refractivity contribution in [1.82, 2.24) is 4.98 Å². The average Bonchev–Trinajstić information content (AvgIpc) is 2.94. The third kappa shape index (κ3) is 2.18. The third-order valence-corrected chi connectivity index (χ3v) is 3.27. The Morgan fingerprint density at radius 1 is 1.00 bits per heavy atom. The predicted octanol–water partition coefficient (Wildman–Crippen LogP) is 3.33. The van der Waals surface area contributed by atoms with Crippen LogP contribution in [0.15, 0.2) is 41.1 Å². The minimum absolute atomic E-state index is 0.690. The topological polar surface area (TPSA) is 29.3 Å². The summed E-state index contributed by atoms with van der Waals surface area (Å²) in [6.45, 7) is 2.36. The largest absolute Gasteiger partial charge is 0.445 e. The third-order valence-electron chi connectivity index (χ3n) is 3.27. The van der Waals surface area contributed by atoms with Gasteiger partial charge >= 0.3 is 0 Å². The van der Waals surface area contributed by atoms with E-state index in [-0.39, 0.29) is 0 Å². The summed E-state index contributed by atoms with van der Waals surface area (Å²) >= 11 is 0. The van der Waals surface area contributed by atoms with Gasteiger partial charge in [-0.15, -0.1) is 0 Å². The number of rotatable bonds is 2. The number of hydrogen-bond donors (Lipinski definition) is 0. The molecular formula is C14H16N2O. The summed E-state index contributed by atoms with van der Waals surface area (Å²) in [6.07, 6.45) is 7.26. The van der Waals surface area contributed by atoms with Crippen LogP contribution in [0.1, 0.15) is 19.3 Å². The Hall–Kier alpha value is -1.77. The molecule has 1 aromatic carbocycles. The number of anilines is 1. The van der Waals surface area contributed by atoms with Gasteiger partial charge in [0.2, 0.25) is 5.89 Å². The summed E-state index contributed by atoms with van der Waals surface area (Å²) in [6, 6.07) is 8.47. The van der Waals surface area contributed by atoms with Gasteiger partial charge in [0.15, 0.2) is 0 Å². The van der Waals surface area contributed by atoms with Gasteiger partial charge in [0, 0.05) is 24.3 Å². The number of hydrogen-bond acceptors (Lipinski definition) is 3. The lowest BCUT2D eigenvalue weighted by Gasteiger charge is -2.28. The maximum Gasteiger partial charge on any atom is 0.225 e. The molecule has 17 heavy (non-hydrogen) atoms. The molecule has 0 aliphatic carbocycles. The van der Waals surface area contributed by atoms with E-state index in [1.807, 2.05) is 0 Å². The molecule has 0 bridgehead atoms. The highest BCUT2D eigenvalue weighted by Crippen LogP contribution is 2.24. The zero-order chi connectivity index (χ0) is 11.5. The molecule has 1 aromatic heterocycles. The highest BCUT2D eigenvalue weighted by molar-refractivity contribution is 5.59. The molecule has 1 aliphatic rings. The number of piperidine rings is 1. The van der Waals surface area contributed by atoms with Crippen molar-refractivity contribution in [3.8, 4) is 11.5 Å². The fourth-order valence-corrected chi connectivity index (χ4v) is 2.33. The van der Waals surface area contributed by atoms with E-state index < -0.39 is 0 Å². The highest BCUT2D eigenvalue weighted by Gasteiger charge is 2.11. The number of benzene rings is 1. The van der Waals surface area contributed by atoms with Crippen LogP contribution in [-0.2, 0) is 0 Å². The Bertz CT molecular complexity index is 455. The molecule has 88 valence electrons. The Morgan fingerprint density at radius 2 is 1.76 bits per heavy atom. The van der Waals surface area contributed by atoms with Crippen molar-refractivity contribution in [2.45, 2.75) is 19.3 Å². The van der Waals surface area contributed by atoms with Crippen LogP contribution in [0.25, 0.3) is 11.5 Å². The van der Waals surface area contributed by atoms with E-state index in [0.29, 0.717) is 5.89 Å². The maximum atomic E-state index is 5.28. The Labute approximate surface area is 101 Å². The predicted molar refractivity (Wildman–Crippen MR) is 68.0 cm³/mol. The van der Waals surface area contributed by atoms with Crippen LogP contribution in [0, 0.1) is 0 Å². The van der Waals surface area contributed by atoms with Gasteiger partial charge in [-0.05, 0) is 43.5 Å². The SMILES string of the molecule is c1coc(-c2ccc(N3CCCCC3)cc2)n1. The number of oxazole rings is 1. The second-order valence-corrected chi connectivity index (χ2v) is 4.43. The monoisotopic (exact) mass is 228 g/mol. The molecule has 3 rings (SSSR count). The Morgan fingerprint density at radius 3 is 2.41 bits per heavy atom. The van der Waals surface area contributed by atoms with Gasteiger partial charge in [0.05, 0.1) is 6.20 Å². The fraction of sp³-hybridized carbons (Fsp3) is 0.357. The Balaban J connectivity index is 1.80. The van der Waals surface area contributed by atoms with Gasteiger partial charge in [0.1, 0.15) is 6.26 Å². The second-order valence-electron chi connectivity index (χ2n) is 4.43. The van der Waals surface area contributed by atoms with Gasteiger partial charge in [-0.3, -0.25) is 0 Å². The number of aromatic nitrogens is 1. The minimum atomic E-state index is 0.690. The van der Waals surface area contributed by atoms with Gasteiger partial charge < -0.3 is 9.32 Å². The summed E-state index contributed by atoms with van der Waals surface area (Å²) in [7, 11) is 0. The lowest BCUT2D eigenvalue weighted by atomic mass is 10.1. The van der Waals surface area contributed by atoms with Crippen molar-refractivity contribution >= 4 is 5.69 Å². The van der Waals surface area contributed by atoms with Gasteiger partial charge in [0.25, 0.3) is 0 Å². The van der Waals surface area contributed by atoms with Crippen LogP contribution in [-0.4, -0.2) is 18.1 Å². The lowest BCUT2D eigenvalue weighted by Crippen LogP contribution is -2.29. The van der Waals surface area contributed by atoms with Crippen LogP contribution >= 0.6 is 0 Å². The zero-order valence-corrected chi connectivity index (χ0v) is 9.80. The quantitative estimate of drug-likeness (QED) is 0.789. The van der Waals surface area contributed by atoms with Crippen LogP contribution in [0.3, 0.4) is 0 Å². The zero-order valence-electron chi connectivity index (χ0n) is 9.80. The van der Waals surface area contributed by atoms with Crippen LogP contribution < -0.4 is 4.90 Å². The van der Waals surface area contributed by atoms with E-state index in [9.17, 15) is 0 Å². The standard InChI is InChI=1S/C14H16N2O/c1-2-9-16(10-3-1)13-6-4-12(5-7-13)14-15-8-11-17-14/h4-8,11H,1-3,9-10H2. The first-order valence-corrected chi connectivity index (χ1v) is 6.18. The number of nitrogens with zero attached hydrogens (tertiary/aromatic N) is 2. The molecule has 3 nitrogen and oxygen atoms in total. The van der Waals surface area contributed by atoms with E-state index in [0.717, 1.165) is 5.56 Å². The summed E-state index contributed by atoms with van der Waals surface area (Å²) in [5.41, 5.74) is 2.34. The fourth-order valence-electron chi connectivity index (χ4n) is 2.33. The van der Waals surface area contributed by atoms with Crippen LogP contribution in [0.2, 0.25) is 0 Å². The second kappa shape index (κ2) is 4.62. The van der Waals surface area contributed by atoms with Crippen LogP contribution in [0.5, 0.6) is 0 Å². The van der Waals surface area contributed by atoms with Gasteiger partial charge in [-0.2, -0.15) is 0 Å². The van der Waals surface area contributed by atoms with E-state index in [1.54, 1.807) is 12.5 Å². The highest BCUT2D eigenvalue weighted by atomic mass is 16.3. The van der Waals surface area contributed by atoms with Gasteiger partial charge in [-0.25, -0.2) is 4.98 Å². The van der Waals surface area contributed by atoms with Crippen molar-refractivity contribution < 1.29 is 4.42 Å². The van der Waals surface area contributed by atoms with E-state index in [2.05, 4.69) is 34.1 Å². The smallest absolute Gasteiger partial charge is 0.225 e. The molecule has 0 radical (unpaired) electrons. The van der Waals surface area contributed by atoms with Crippen LogP contribution in [0.4, 0.5) is 5.69 Å². The molecule has 0 amide bonds. The molecule has 2 heterocycles. The molecule has 3 heteroatoms. The summed E-state index contributed by atoms with van der Waals surface area (Å²) in [5, 5.41) is 0. The maximum absolute atomic E-state index is 5.28. The molecule has 1 fully saturated rings. The van der Waals surface area contributed by atoms with Crippen molar-refractivity contribution in [2.75, 3.05) is 18.0 Å². The summed E-state index contributed by atoms with van der Waals surface area (Å²) in [4.78, 5) is 6.60. The van der Waals surface area contributed by atoms with E-state index in [1.165, 1.54) is 38.0 Å². The molecule has 0 N–H and O–H groups in total.